The number of nitrogens with one attached hydrogen (secondary N) is 1. The van der Waals surface area contributed by atoms with Crippen molar-refractivity contribution in [2.45, 2.75) is 13.0 Å². The van der Waals surface area contributed by atoms with Crippen molar-refractivity contribution in [3.05, 3.63) is 34.1 Å². The summed E-state index contributed by atoms with van der Waals surface area (Å²) in [5.41, 5.74) is 0.0253. The number of benzene rings is 1. The summed E-state index contributed by atoms with van der Waals surface area (Å²) in [6.07, 6.45) is 0. The molecule has 0 aliphatic carbocycles. The Bertz CT molecular complexity index is 384. The predicted molar refractivity (Wildman–Crippen MR) is 62.9 cm³/mol. The van der Waals surface area contributed by atoms with Crippen LogP contribution in [0.5, 0.6) is 0 Å². The Morgan fingerprint density at radius 1 is 1.62 bits per heavy atom. The second-order valence-electron chi connectivity index (χ2n) is 3.45. The van der Waals surface area contributed by atoms with Crippen LogP contribution in [0.3, 0.4) is 0 Å². The van der Waals surface area contributed by atoms with E-state index in [-0.39, 0.29) is 11.6 Å². The summed E-state index contributed by atoms with van der Waals surface area (Å²) in [6.45, 7) is 2.18. The SMILES string of the molecule is COC[C@@H](C)NC(=O)c1cc(Br)ccc1F. The molecule has 0 spiro atoms. The van der Waals surface area contributed by atoms with Crippen LogP contribution in [-0.2, 0) is 4.74 Å². The molecule has 0 aromatic heterocycles. The van der Waals surface area contributed by atoms with E-state index in [1.165, 1.54) is 12.1 Å². The van der Waals surface area contributed by atoms with E-state index in [0.29, 0.717) is 11.1 Å². The molecule has 1 atom stereocenters. The molecule has 0 saturated carbocycles. The van der Waals surface area contributed by atoms with E-state index in [4.69, 9.17) is 4.74 Å². The summed E-state index contributed by atoms with van der Waals surface area (Å²) >= 11 is 3.19. The third-order valence-electron chi connectivity index (χ3n) is 1.97. The lowest BCUT2D eigenvalue weighted by Gasteiger charge is -2.13. The lowest BCUT2D eigenvalue weighted by Crippen LogP contribution is -2.36. The number of carbonyl (C=O) groups is 1. The van der Waals surface area contributed by atoms with Crippen molar-refractivity contribution < 1.29 is 13.9 Å². The molecule has 1 amide bonds. The minimum absolute atomic E-state index is 0.0253. The zero-order valence-electron chi connectivity index (χ0n) is 9.09. The number of carbonyl (C=O) groups excluding carboxylic acids is 1. The van der Waals surface area contributed by atoms with E-state index in [0.717, 1.165) is 0 Å². The summed E-state index contributed by atoms with van der Waals surface area (Å²) in [6, 6.07) is 4.09. The van der Waals surface area contributed by atoms with Crippen molar-refractivity contribution in [1.82, 2.24) is 5.32 Å². The molecule has 1 rings (SSSR count). The topological polar surface area (TPSA) is 38.3 Å². The summed E-state index contributed by atoms with van der Waals surface area (Å²) in [7, 11) is 1.54. The third-order valence-corrected chi connectivity index (χ3v) is 2.46. The van der Waals surface area contributed by atoms with Crippen molar-refractivity contribution in [3.8, 4) is 0 Å². The van der Waals surface area contributed by atoms with E-state index in [9.17, 15) is 9.18 Å². The highest BCUT2D eigenvalue weighted by molar-refractivity contribution is 9.10. The first kappa shape index (κ1) is 13.1. The van der Waals surface area contributed by atoms with Gasteiger partial charge in [-0.05, 0) is 25.1 Å². The maximum absolute atomic E-state index is 13.3. The molecule has 0 aliphatic rings. The molecule has 1 aromatic rings. The van der Waals surface area contributed by atoms with Crippen LogP contribution in [0.25, 0.3) is 0 Å². The van der Waals surface area contributed by atoms with Crippen LogP contribution in [0.2, 0.25) is 0 Å². The van der Waals surface area contributed by atoms with Gasteiger partial charge in [0.25, 0.3) is 5.91 Å². The molecule has 0 bridgehead atoms. The number of ether oxygens (including phenoxy) is 1. The number of rotatable bonds is 4. The average Bonchev–Trinajstić information content (AvgIpc) is 2.21. The number of hydrogen-bond donors (Lipinski definition) is 1. The van der Waals surface area contributed by atoms with Crippen molar-refractivity contribution in [2.75, 3.05) is 13.7 Å². The van der Waals surface area contributed by atoms with Gasteiger partial charge >= 0.3 is 0 Å². The monoisotopic (exact) mass is 289 g/mol. The number of halogens is 2. The van der Waals surface area contributed by atoms with Gasteiger partial charge in [0.05, 0.1) is 12.2 Å². The lowest BCUT2D eigenvalue weighted by molar-refractivity contribution is 0.0901. The van der Waals surface area contributed by atoms with Gasteiger partial charge in [-0.3, -0.25) is 4.79 Å². The van der Waals surface area contributed by atoms with E-state index in [1.807, 2.05) is 0 Å². The van der Waals surface area contributed by atoms with Gasteiger partial charge in [0, 0.05) is 17.6 Å². The van der Waals surface area contributed by atoms with Gasteiger partial charge in [0.2, 0.25) is 0 Å². The summed E-state index contributed by atoms with van der Waals surface area (Å²) in [4.78, 5) is 11.7. The van der Waals surface area contributed by atoms with Crippen molar-refractivity contribution in [3.63, 3.8) is 0 Å². The van der Waals surface area contributed by atoms with Gasteiger partial charge in [-0.2, -0.15) is 0 Å². The maximum atomic E-state index is 13.3. The zero-order valence-corrected chi connectivity index (χ0v) is 10.7. The summed E-state index contributed by atoms with van der Waals surface area (Å²) < 4.78 is 18.9. The largest absolute Gasteiger partial charge is 0.383 e. The second kappa shape index (κ2) is 5.96. The number of hydrogen-bond acceptors (Lipinski definition) is 2. The molecule has 1 aromatic carbocycles. The second-order valence-corrected chi connectivity index (χ2v) is 4.37. The molecule has 0 saturated heterocycles. The van der Waals surface area contributed by atoms with Crippen molar-refractivity contribution in [2.24, 2.45) is 0 Å². The Kier molecular flexibility index (Phi) is 4.89. The molecule has 0 unspecified atom stereocenters. The first-order chi connectivity index (χ1) is 7.54. The van der Waals surface area contributed by atoms with Crippen LogP contribution in [0, 0.1) is 5.82 Å². The Hall–Kier alpha value is -0.940. The third kappa shape index (κ3) is 3.57. The average molecular weight is 290 g/mol. The molecule has 1 N–H and O–H groups in total. The Labute approximate surface area is 102 Å². The van der Waals surface area contributed by atoms with Crippen LogP contribution in [0.15, 0.2) is 22.7 Å². The van der Waals surface area contributed by atoms with Gasteiger partial charge in [0.1, 0.15) is 5.82 Å². The highest BCUT2D eigenvalue weighted by Crippen LogP contribution is 2.15. The van der Waals surface area contributed by atoms with E-state index < -0.39 is 11.7 Å². The summed E-state index contributed by atoms with van der Waals surface area (Å²) in [5, 5.41) is 2.64. The molecular formula is C11H13BrFNO2. The molecule has 0 heterocycles. The quantitative estimate of drug-likeness (QED) is 0.924. The normalized spacial score (nSPS) is 12.2. The molecule has 88 valence electrons. The van der Waals surface area contributed by atoms with Crippen molar-refractivity contribution in [1.29, 1.82) is 0 Å². The van der Waals surface area contributed by atoms with E-state index >= 15 is 0 Å². The highest BCUT2D eigenvalue weighted by Gasteiger charge is 2.14. The molecule has 0 radical (unpaired) electrons. The molecule has 3 nitrogen and oxygen atoms in total. The maximum Gasteiger partial charge on any atom is 0.254 e. The Morgan fingerprint density at radius 3 is 2.94 bits per heavy atom. The lowest BCUT2D eigenvalue weighted by atomic mass is 10.2. The van der Waals surface area contributed by atoms with Crippen LogP contribution in [0.4, 0.5) is 4.39 Å². The Morgan fingerprint density at radius 2 is 2.31 bits per heavy atom. The first-order valence-electron chi connectivity index (χ1n) is 4.79. The Balaban J connectivity index is 2.76. The van der Waals surface area contributed by atoms with Gasteiger partial charge < -0.3 is 10.1 Å². The van der Waals surface area contributed by atoms with Crippen LogP contribution >= 0.6 is 15.9 Å². The van der Waals surface area contributed by atoms with E-state index in [2.05, 4.69) is 21.2 Å². The fourth-order valence-electron chi connectivity index (χ4n) is 1.26. The fraction of sp³-hybridized carbons (Fsp3) is 0.364. The molecule has 0 fully saturated rings. The minimum Gasteiger partial charge on any atom is -0.383 e. The standard InChI is InChI=1S/C11H13BrFNO2/c1-7(6-16-2)14-11(15)9-5-8(12)3-4-10(9)13/h3-5,7H,6H2,1-2H3,(H,14,15)/t7-/m1/s1. The highest BCUT2D eigenvalue weighted by atomic mass is 79.9. The van der Waals surface area contributed by atoms with Gasteiger partial charge in [-0.15, -0.1) is 0 Å². The van der Waals surface area contributed by atoms with Gasteiger partial charge in [-0.25, -0.2) is 4.39 Å². The molecule has 0 aliphatic heterocycles. The number of methoxy groups -OCH3 is 1. The smallest absolute Gasteiger partial charge is 0.254 e. The predicted octanol–water partition coefficient (Wildman–Crippen LogP) is 2.35. The van der Waals surface area contributed by atoms with Crippen LogP contribution < -0.4 is 5.32 Å². The van der Waals surface area contributed by atoms with Gasteiger partial charge in [0.15, 0.2) is 0 Å². The molecule has 16 heavy (non-hydrogen) atoms. The molecular weight excluding hydrogens is 277 g/mol. The van der Waals surface area contributed by atoms with Gasteiger partial charge in [-0.1, -0.05) is 15.9 Å². The number of amides is 1. The first-order valence-corrected chi connectivity index (χ1v) is 5.58. The zero-order chi connectivity index (χ0) is 12.1. The minimum atomic E-state index is -0.537. The molecule has 5 heteroatoms. The fourth-order valence-corrected chi connectivity index (χ4v) is 1.63. The van der Waals surface area contributed by atoms with Crippen LogP contribution in [-0.4, -0.2) is 25.7 Å². The van der Waals surface area contributed by atoms with Crippen LogP contribution in [0.1, 0.15) is 17.3 Å². The summed E-state index contributed by atoms with van der Waals surface area (Å²) in [5.74, 6) is -0.978. The van der Waals surface area contributed by atoms with Crippen molar-refractivity contribution >= 4 is 21.8 Å². The van der Waals surface area contributed by atoms with E-state index in [1.54, 1.807) is 20.1 Å².